The van der Waals surface area contributed by atoms with Crippen molar-refractivity contribution in [2.45, 2.75) is 126 Å². The molecule has 204 valence electrons. The minimum Gasteiger partial charge on any atom is -0.368 e. The third-order valence-electron chi connectivity index (χ3n) is 9.15. The molecule has 3 aliphatic carbocycles. The molecule has 5 fully saturated rings. The summed E-state index contributed by atoms with van der Waals surface area (Å²) in [4.78, 5) is 0. The van der Waals surface area contributed by atoms with Gasteiger partial charge >= 0.3 is 0 Å². The largest absolute Gasteiger partial charge is 0.368 e. The van der Waals surface area contributed by atoms with Crippen LogP contribution in [0.3, 0.4) is 0 Å². The Morgan fingerprint density at radius 1 is 0.500 bits per heavy atom. The second kappa shape index (κ2) is 10.6. The van der Waals surface area contributed by atoms with E-state index >= 15 is 0 Å². The van der Waals surface area contributed by atoms with E-state index in [1.807, 2.05) is 12.1 Å². The summed E-state index contributed by atoms with van der Waals surface area (Å²) in [5.41, 5.74) is 2.28. The average molecular weight is 521 g/mol. The van der Waals surface area contributed by atoms with Crippen LogP contribution in [-0.4, -0.2) is 48.2 Å². The Hall–Kier alpha value is -1.80. The Labute approximate surface area is 225 Å². The van der Waals surface area contributed by atoms with E-state index in [2.05, 4.69) is 48.5 Å². The minimum absolute atomic E-state index is 0.263. The molecule has 0 bridgehead atoms. The van der Waals surface area contributed by atoms with Crippen LogP contribution in [0.4, 0.5) is 0 Å². The van der Waals surface area contributed by atoms with E-state index in [1.54, 1.807) is 0 Å². The fourth-order valence-corrected chi connectivity index (χ4v) is 7.27. The highest BCUT2D eigenvalue weighted by Gasteiger charge is 2.66. The Morgan fingerprint density at radius 2 is 0.842 bits per heavy atom. The van der Waals surface area contributed by atoms with Crippen molar-refractivity contribution in [2.75, 3.05) is 0 Å². The summed E-state index contributed by atoms with van der Waals surface area (Å²) in [6.07, 6.45) is 8.96. The van der Waals surface area contributed by atoms with Gasteiger partial charge in [-0.1, -0.05) is 73.5 Å². The van der Waals surface area contributed by atoms with E-state index in [1.165, 1.54) is 12.8 Å². The first-order chi connectivity index (χ1) is 18.7. The van der Waals surface area contributed by atoms with Gasteiger partial charge in [0.2, 0.25) is 0 Å². The van der Waals surface area contributed by atoms with Gasteiger partial charge in [-0.2, -0.15) is 0 Å². The minimum atomic E-state index is -0.558. The van der Waals surface area contributed by atoms with E-state index in [-0.39, 0.29) is 36.6 Å². The number of hydrogen-bond donors (Lipinski definition) is 0. The predicted octanol–water partition coefficient (Wildman–Crippen LogP) is 6.06. The molecule has 2 unspecified atom stereocenters. The number of benzene rings is 2. The number of fused-ring (bicyclic) bond motifs is 2. The average Bonchev–Trinajstić information content (AvgIpc) is 3.50. The quantitative estimate of drug-likeness (QED) is 0.462. The molecule has 7 rings (SSSR count). The second-order valence-corrected chi connectivity index (χ2v) is 11.8. The molecular formula is C32H40O6. The van der Waals surface area contributed by atoms with Gasteiger partial charge in [-0.15, -0.1) is 0 Å². The van der Waals surface area contributed by atoms with Crippen molar-refractivity contribution in [1.82, 2.24) is 0 Å². The highest BCUT2D eigenvalue weighted by Crippen LogP contribution is 2.52. The first-order valence-corrected chi connectivity index (χ1v) is 14.8. The normalized spacial score (nSPS) is 35.3. The summed E-state index contributed by atoms with van der Waals surface area (Å²) in [5, 5.41) is 0. The van der Waals surface area contributed by atoms with Crippen LogP contribution < -0.4 is 0 Å². The lowest BCUT2D eigenvalue weighted by Gasteiger charge is -2.42. The summed E-state index contributed by atoms with van der Waals surface area (Å²) < 4.78 is 41.0. The monoisotopic (exact) mass is 520 g/mol. The molecule has 2 aliphatic heterocycles. The molecule has 2 heterocycles. The molecule has 0 N–H and O–H groups in total. The topological polar surface area (TPSA) is 55.4 Å². The van der Waals surface area contributed by atoms with Gasteiger partial charge in [0.15, 0.2) is 11.6 Å². The molecular weight excluding hydrogens is 480 g/mol. The SMILES string of the molecule is c1ccc(COC2[C@H]3OC4(CCCCC4)O[C@@H]3C(OCc3ccccc3)[C@@H]3OC4(CCCCC4)O[C@H]23)cc1. The van der Waals surface area contributed by atoms with Crippen molar-refractivity contribution in [3.63, 3.8) is 0 Å². The molecule has 6 heteroatoms. The molecule has 0 amide bonds. The second-order valence-electron chi connectivity index (χ2n) is 11.8. The van der Waals surface area contributed by atoms with Gasteiger partial charge in [0.25, 0.3) is 0 Å². The Bertz CT molecular complexity index is 935. The summed E-state index contributed by atoms with van der Waals surface area (Å²) in [5.74, 6) is -1.12. The van der Waals surface area contributed by atoms with Gasteiger partial charge in [-0.05, 0) is 36.8 Å². The zero-order valence-electron chi connectivity index (χ0n) is 22.2. The molecule has 2 saturated heterocycles. The third-order valence-corrected chi connectivity index (χ3v) is 9.15. The van der Waals surface area contributed by atoms with Gasteiger partial charge in [-0.3, -0.25) is 0 Å². The van der Waals surface area contributed by atoms with Gasteiger partial charge in [0.1, 0.15) is 36.6 Å². The Balaban J connectivity index is 1.20. The van der Waals surface area contributed by atoms with Gasteiger partial charge in [-0.25, -0.2) is 0 Å². The predicted molar refractivity (Wildman–Crippen MR) is 141 cm³/mol. The molecule has 2 aromatic rings. The van der Waals surface area contributed by atoms with Crippen molar-refractivity contribution in [3.8, 4) is 0 Å². The first-order valence-electron chi connectivity index (χ1n) is 14.8. The number of ether oxygens (including phenoxy) is 6. The zero-order chi connectivity index (χ0) is 25.4. The van der Waals surface area contributed by atoms with Crippen LogP contribution in [0.25, 0.3) is 0 Å². The van der Waals surface area contributed by atoms with E-state index in [0.29, 0.717) is 13.2 Å². The summed E-state index contributed by atoms with van der Waals surface area (Å²) in [6, 6.07) is 20.7. The van der Waals surface area contributed by atoms with Crippen LogP contribution in [0.2, 0.25) is 0 Å². The maximum absolute atomic E-state index is 6.90. The summed E-state index contributed by atoms with van der Waals surface area (Å²) in [6.45, 7) is 1.00. The fraction of sp³-hybridized carbons (Fsp3) is 0.625. The Morgan fingerprint density at radius 3 is 1.18 bits per heavy atom. The molecule has 0 aromatic heterocycles. The number of hydrogen-bond acceptors (Lipinski definition) is 6. The molecule has 2 aromatic carbocycles. The van der Waals surface area contributed by atoms with Crippen molar-refractivity contribution in [1.29, 1.82) is 0 Å². The lowest BCUT2D eigenvalue weighted by molar-refractivity contribution is -0.229. The van der Waals surface area contributed by atoms with Gasteiger partial charge in [0, 0.05) is 25.7 Å². The molecule has 38 heavy (non-hydrogen) atoms. The van der Waals surface area contributed by atoms with E-state index in [4.69, 9.17) is 28.4 Å². The Kier molecular flexibility index (Phi) is 7.05. The lowest BCUT2D eigenvalue weighted by Crippen LogP contribution is -2.62. The fourth-order valence-electron chi connectivity index (χ4n) is 7.27. The smallest absolute Gasteiger partial charge is 0.169 e. The summed E-state index contributed by atoms with van der Waals surface area (Å²) in [7, 11) is 0. The van der Waals surface area contributed by atoms with Crippen molar-refractivity contribution in [3.05, 3.63) is 71.8 Å². The van der Waals surface area contributed by atoms with Gasteiger partial charge < -0.3 is 28.4 Å². The third kappa shape index (κ3) is 4.85. The van der Waals surface area contributed by atoms with Crippen molar-refractivity contribution >= 4 is 0 Å². The van der Waals surface area contributed by atoms with E-state index in [9.17, 15) is 0 Å². The van der Waals surface area contributed by atoms with Gasteiger partial charge in [0.05, 0.1) is 13.2 Å². The molecule has 2 spiro atoms. The molecule has 5 aliphatic rings. The number of rotatable bonds is 6. The van der Waals surface area contributed by atoms with Crippen LogP contribution in [-0.2, 0) is 41.6 Å². The van der Waals surface area contributed by atoms with Crippen LogP contribution in [0.1, 0.15) is 75.3 Å². The van der Waals surface area contributed by atoms with Crippen LogP contribution in [0.15, 0.2) is 60.7 Å². The van der Waals surface area contributed by atoms with E-state index < -0.39 is 11.6 Å². The standard InChI is InChI=1S/C32H40O6/c1-5-13-23(14-6-1)21-33-25-27-29(37-31(35-27)17-9-3-10-18-31)26(34-22-24-15-7-2-8-16-24)30-28(25)36-32(38-30)19-11-4-12-20-32/h1-2,5-8,13-16,25-30H,3-4,9-12,17-22H2/t25?,26?,27-,28-,29-,30+/m1/s1. The highest BCUT2D eigenvalue weighted by atomic mass is 16.8. The zero-order valence-corrected chi connectivity index (χ0v) is 22.2. The van der Waals surface area contributed by atoms with E-state index in [0.717, 1.165) is 62.5 Å². The lowest BCUT2D eigenvalue weighted by atomic mass is 9.84. The van der Waals surface area contributed by atoms with Crippen LogP contribution >= 0.6 is 0 Å². The molecule has 0 radical (unpaired) electrons. The molecule has 3 saturated carbocycles. The molecule has 6 nitrogen and oxygen atoms in total. The maximum atomic E-state index is 6.90. The highest BCUT2D eigenvalue weighted by molar-refractivity contribution is 5.16. The maximum Gasteiger partial charge on any atom is 0.169 e. The van der Waals surface area contributed by atoms with Crippen molar-refractivity contribution < 1.29 is 28.4 Å². The molecule has 6 atom stereocenters. The van der Waals surface area contributed by atoms with Crippen LogP contribution in [0.5, 0.6) is 0 Å². The van der Waals surface area contributed by atoms with Crippen LogP contribution in [0, 0.1) is 0 Å². The first kappa shape index (κ1) is 25.2. The van der Waals surface area contributed by atoms with Crippen molar-refractivity contribution in [2.24, 2.45) is 0 Å². The summed E-state index contributed by atoms with van der Waals surface area (Å²) >= 11 is 0.